The van der Waals surface area contributed by atoms with Crippen LogP contribution in [0.2, 0.25) is 0 Å². The Labute approximate surface area is 88.4 Å². The van der Waals surface area contributed by atoms with Crippen LogP contribution in [-0.4, -0.2) is 9.78 Å². The molecule has 2 rings (SSSR count). The molecule has 0 aliphatic carbocycles. The minimum Gasteiger partial charge on any atom is -0.268 e. The molecule has 1 aromatic carbocycles. The van der Waals surface area contributed by atoms with E-state index in [1.807, 2.05) is 19.1 Å². The summed E-state index contributed by atoms with van der Waals surface area (Å²) in [6.45, 7) is 4.03. The topological polar surface area (TPSA) is 37.8 Å². The maximum Gasteiger partial charge on any atom is 0.264 e. The molecule has 15 heavy (non-hydrogen) atoms. The first-order valence-electron chi connectivity index (χ1n) is 5.08. The number of rotatable bonds is 2. The smallest absolute Gasteiger partial charge is 0.264 e. The number of nitrogens with one attached hydrogen (secondary N) is 1. The SMILES string of the molecule is CCc1ccc(-n2[nH]c(=O)cc2C)cc1. The third-order valence-corrected chi connectivity index (χ3v) is 2.52. The van der Waals surface area contributed by atoms with Gasteiger partial charge in [-0.1, -0.05) is 19.1 Å². The molecule has 0 saturated carbocycles. The van der Waals surface area contributed by atoms with Crippen LogP contribution in [0.1, 0.15) is 18.2 Å². The average Bonchev–Trinajstić information content (AvgIpc) is 2.58. The molecule has 3 nitrogen and oxygen atoms in total. The van der Waals surface area contributed by atoms with E-state index in [4.69, 9.17) is 0 Å². The van der Waals surface area contributed by atoms with Crippen LogP contribution in [0.25, 0.3) is 5.69 Å². The largest absolute Gasteiger partial charge is 0.268 e. The van der Waals surface area contributed by atoms with Crippen LogP contribution in [0, 0.1) is 6.92 Å². The summed E-state index contributed by atoms with van der Waals surface area (Å²) in [5.74, 6) is 0. The van der Waals surface area contributed by atoms with Crippen LogP contribution in [0.4, 0.5) is 0 Å². The molecule has 0 fully saturated rings. The van der Waals surface area contributed by atoms with Crippen molar-refractivity contribution in [1.82, 2.24) is 9.78 Å². The van der Waals surface area contributed by atoms with Crippen molar-refractivity contribution >= 4 is 0 Å². The van der Waals surface area contributed by atoms with Crippen molar-refractivity contribution in [3.63, 3.8) is 0 Å². The van der Waals surface area contributed by atoms with Crippen molar-refractivity contribution in [2.45, 2.75) is 20.3 Å². The molecular weight excluding hydrogens is 188 g/mol. The number of hydrogen-bond acceptors (Lipinski definition) is 1. The lowest BCUT2D eigenvalue weighted by Gasteiger charge is -2.05. The second-order valence-corrected chi connectivity index (χ2v) is 3.62. The van der Waals surface area contributed by atoms with E-state index in [2.05, 4.69) is 24.2 Å². The van der Waals surface area contributed by atoms with E-state index in [1.165, 1.54) is 5.56 Å². The van der Waals surface area contributed by atoms with Crippen molar-refractivity contribution in [2.75, 3.05) is 0 Å². The van der Waals surface area contributed by atoms with Crippen molar-refractivity contribution < 1.29 is 0 Å². The molecule has 0 radical (unpaired) electrons. The quantitative estimate of drug-likeness (QED) is 0.795. The first-order valence-corrected chi connectivity index (χ1v) is 5.08. The predicted octanol–water partition coefficient (Wildman–Crippen LogP) is 2.04. The van der Waals surface area contributed by atoms with E-state index in [-0.39, 0.29) is 5.56 Å². The molecule has 0 aliphatic rings. The van der Waals surface area contributed by atoms with Gasteiger partial charge in [0.2, 0.25) is 0 Å². The Morgan fingerprint density at radius 3 is 2.40 bits per heavy atom. The molecule has 0 atom stereocenters. The Hall–Kier alpha value is -1.77. The number of aromatic amines is 1. The van der Waals surface area contributed by atoms with E-state index in [0.29, 0.717) is 0 Å². The highest BCUT2D eigenvalue weighted by atomic mass is 16.1. The molecule has 0 amide bonds. The van der Waals surface area contributed by atoms with Crippen LogP contribution in [0.5, 0.6) is 0 Å². The number of aryl methyl sites for hydroxylation is 2. The molecule has 0 bridgehead atoms. The van der Waals surface area contributed by atoms with Crippen molar-refractivity contribution in [3.8, 4) is 5.69 Å². The number of hydrogen-bond donors (Lipinski definition) is 1. The van der Waals surface area contributed by atoms with Gasteiger partial charge in [0.1, 0.15) is 0 Å². The second kappa shape index (κ2) is 3.77. The van der Waals surface area contributed by atoms with E-state index in [0.717, 1.165) is 17.8 Å². The van der Waals surface area contributed by atoms with Crippen molar-refractivity contribution in [2.24, 2.45) is 0 Å². The summed E-state index contributed by atoms with van der Waals surface area (Å²) in [5.41, 5.74) is 3.15. The monoisotopic (exact) mass is 202 g/mol. The number of aromatic nitrogens is 2. The predicted molar refractivity (Wildman–Crippen MR) is 60.5 cm³/mol. The molecule has 0 unspecified atom stereocenters. The maximum atomic E-state index is 11.1. The zero-order valence-corrected chi connectivity index (χ0v) is 8.95. The Morgan fingerprint density at radius 2 is 1.93 bits per heavy atom. The third kappa shape index (κ3) is 1.86. The van der Waals surface area contributed by atoms with Gasteiger partial charge >= 0.3 is 0 Å². The highest BCUT2D eigenvalue weighted by molar-refractivity contribution is 5.35. The molecular formula is C12H14N2O. The zero-order chi connectivity index (χ0) is 10.8. The van der Waals surface area contributed by atoms with E-state index in [9.17, 15) is 4.79 Å². The molecule has 1 N–H and O–H groups in total. The van der Waals surface area contributed by atoms with Gasteiger partial charge in [0.05, 0.1) is 5.69 Å². The lowest BCUT2D eigenvalue weighted by atomic mass is 10.1. The standard InChI is InChI=1S/C12H14N2O/c1-3-10-4-6-11(7-5-10)14-9(2)8-12(15)13-14/h4-8H,3H2,1-2H3,(H,13,15). The Morgan fingerprint density at radius 1 is 1.27 bits per heavy atom. The third-order valence-electron chi connectivity index (χ3n) is 2.52. The van der Waals surface area contributed by atoms with Gasteiger partial charge < -0.3 is 0 Å². The van der Waals surface area contributed by atoms with Gasteiger partial charge in [0, 0.05) is 11.8 Å². The lowest BCUT2D eigenvalue weighted by molar-refractivity contribution is 0.833. The molecule has 0 spiro atoms. The van der Waals surface area contributed by atoms with E-state index < -0.39 is 0 Å². The summed E-state index contributed by atoms with van der Waals surface area (Å²) < 4.78 is 1.79. The highest BCUT2D eigenvalue weighted by Crippen LogP contribution is 2.10. The fraction of sp³-hybridized carbons (Fsp3) is 0.250. The molecule has 0 saturated heterocycles. The summed E-state index contributed by atoms with van der Waals surface area (Å²) in [6, 6.07) is 9.78. The van der Waals surface area contributed by atoms with E-state index >= 15 is 0 Å². The summed E-state index contributed by atoms with van der Waals surface area (Å²) in [7, 11) is 0. The summed E-state index contributed by atoms with van der Waals surface area (Å²) in [6.07, 6.45) is 1.03. The van der Waals surface area contributed by atoms with Crippen LogP contribution in [0.3, 0.4) is 0 Å². The van der Waals surface area contributed by atoms with Crippen LogP contribution in [-0.2, 0) is 6.42 Å². The lowest BCUT2D eigenvalue weighted by Crippen LogP contribution is -2.04. The number of nitrogens with zero attached hydrogens (tertiary/aromatic N) is 1. The van der Waals surface area contributed by atoms with Gasteiger partial charge in [-0.25, -0.2) is 0 Å². The minimum atomic E-state index is -0.0629. The van der Waals surface area contributed by atoms with Gasteiger partial charge in [-0.2, -0.15) is 0 Å². The minimum absolute atomic E-state index is 0.0629. The first-order chi connectivity index (χ1) is 7.20. The van der Waals surface area contributed by atoms with Crippen LogP contribution in [0.15, 0.2) is 35.1 Å². The Balaban J connectivity index is 2.45. The first kappa shape index (κ1) is 9.77. The van der Waals surface area contributed by atoms with Crippen LogP contribution >= 0.6 is 0 Å². The maximum absolute atomic E-state index is 11.1. The van der Waals surface area contributed by atoms with Crippen molar-refractivity contribution in [3.05, 3.63) is 51.9 Å². The molecule has 2 aromatic rings. The van der Waals surface area contributed by atoms with Gasteiger partial charge in [-0.05, 0) is 31.0 Å². The zero-order valence-electron chi connectivity index (χ0n) is 8.95. The highest BCUT2D eigenvalue weighted by Gasteiger charge is 2.01. The summed E-state index contributed by atoms with van der Waals surface area (Å²) in [5, 5.41) is 2.76. The molecule has 3 heteroatoms. The molecule has 1 heterocycles. The molecule has 1 aromatic heterocycles. The molecule has 78 valence electrons. The van der Waals surface area contributed by atoms with Gasteiger partial charge in [0.15, 0.2) is 0 Å². The van der Waals surface area contributed by atoms with Gasteiger partial charge in [-0.3, -0.25) is 14.6 Å². The number of benzene rings is 1. The Bertz CT molecular complexity index is 505. The van der Waals surface area contributed by atoms with Crippen LogP contribution < -0.4 is 5.56 Å². The van der Waals surface area contributed by atoms with Crippen molar-refractivity contribution in [1.29, 1.82) is 0 Å². The Kier molecular flexibility index (Phi) is 2.46. The summed E-state index contributed by atoms with van der Waals surface area (Å²) in [4.78, 5) is 11.1. The van der Waals surface area contributed by atoms with Gasteiger partial charge in [-0.15, -0.1) is 0 Å². The molecule has 0 aliphatic heterocycles. The normalized spacial score (nSPS) is 10.5. The fourth-order valence-corrected chi connectivity index (χ4v) is 1.63. The van der Waals surface area contributed by atoms with E-state index in [1.54, 1.807) is 10.7 Å². The van der Waals surface area contributed by atoms with Gasteiger partial charge in [0.25, 0.3) is 5.56 Å². The summed E-state index contributed by atoms with van der Waals surface area (Å²) >= 11 is 0. The second-order valence-electron chi connectivity index (χ2n) is 3.62. The number of H-pyrrole nitrogens is 1. The average molecular weight is 202 g/mol. The fourth-order valence-electron chi connectivity index (χ4n) is 1.63.